The van der Waals surface area contributed by atoms with Crippen molar-refractivity contribution in [2.24, 2.45) is 0 Å². The molecule has 0 spiro atoms. The summed E-state index contributed by atoms with van der Waals surface area (Å²) in [6.45, 7) is 0. The lowest BCUT2D eigenvalue weighted by Gasteiger charge is -2.02. The van der Waals surface area contributed by atoms with Crippen molar-refractivity contribution >= 4 is 18.6 Å². The van der Waals surface area contributed by atoms with Crippen molar-refractivity contribution < 1.29 is 20.1 Å². The second-order valence-corrected chi connectivity index (χ2v) is 3.41. The average Bonchev–Trinajstić information content (AvgIpc) is 2.21. The average molecular weight is 238 g/mol. The van der Waals surface area contributed by atoms with E-state index in [0.29, 0.717) is 12.2 Å². The fraction of sp³-hybridized carbons (Fsp3) is 0.182. The van der Waals surface area contributed by atoms with Gasteiger partial charge in [0.15, 0.2) is 0 Å². The number of thiol groups is 1. The molecule has 0 aliphatic carbocycles. The van der Waals surface area contributed by atoms with E-state index in [1.54, 1.807) is 0 Å². The summed E-state index contributed by atoms with van der Waals surface area (Å²) in [6.07, 6.45) is 0.534. The summed E-state index contributed by atoms with van der Waals surface area (Å²) in [6, 6.07) is 2.10. The molecule has 3 N–H and O–H groups in total. The van der Waals surface area contributed by atoms with Crippen molar-refractivity contribution in [3.63, 3.8) is 0 Å². The fourth-order valence-corrected chi connectivity index (χ4v) is 1.17. The Balaban J connectivity index is 3.16. The molecule has 0 saturated heterocycles. The molecule has 0 amide bonds. The van der Waals surface area contributed by atoms with Crippen LogP contribution in [-0.2, 0) is 0 Å². The van der Waals surface area contributed by atoms with Gasteiger partial charge in [-0.25, -0.2) is 4.79 Å². The maximum Gasteiger partial charge on any atom is 0.339 e. The van der Waals surface area contributed by atoms with Gasteiger partial charge in [-0.05, 0) is 6.07 Å². The highest BCUT2D eigenvalue weighted by Gasteiger charge is 2.12. The molecule has 16 heavy (non-hydrogen) atoms. The molecule has 4 nitrogen and oxygen atoms in total. The first-order valence-electron chi connectivity index (χ1n) is 4.45. The van der Waals surface area contributed by atoms with E-state index in [0.717, 1.165) is 12.1 Å². The van der Waals surface area contributed by atoms with E-state index >= 15 is 0 Å². The first-order chi connectivity index (χ1) is 7.56. The fourth-order valence-electron chi connectivity index (χ4n) is 1.06. The molecule has 0 unspecified atom stereocenters. The van der Waals surface area contributed by atoms with Crippen molar-refractivity contribution in [1.82, 2.24) is 0 Å². The molecule has 0 aromatic heterocycles. The molecule has 0 atom stereocenters. The molecule has 1 aromatic rings. The number of benzene rings is 1. The van der Waals surface area contributed by atoms with Crippen molar-refractivity contribution in [1.29, 1.82) is 0 Å². The number of hydrogen-bond acceptors (Lipinski definition) is 4. The van der Waals surface area contributed by atoms with Crippen molar-refractivity contribution in [3.8, 4) is 23.3 Å². The summed E-state index contributed by atoms with van der Waals surface area (Å²) in [5, 5.41) is 27.4. The van der Waals surface area contributed by atoms with Gasteiger partial charge in [-0.1, -0.05) is 11.8 Å². The van der Waals surface area contributed by atoms with Gasteiger partial charge in [0.25, 0.3) is 0 Å². The minimum atomic E-state index is -1.27. The Morgan fingerprint density at radius 3 is 2.56 bits per heavy atom. The number of hydrogen-bond donors (Lipinski definition) is 4. The molecule has 84 valence electrons. The Morgan fingerprint density at radius 1 is 1.31 bits per heavy atom. The van der Waals surface area contributed by atoms with Gasteiger partial charge in [0.1, 0.15) is 17.1 Å². The number of phenolic OH excluding ortho intramolecular Hbond substituents is 1. The Bertz CT molecular complexity index is 471. The predicted molar refractivity (Wildman–Crippen MR) is 62.1 cm³/mol. The number of carboxylic acids is 1. The molecule has 1 aromatic carbocycles. The lowest BCUT2D eigenvalue weighted by Crippen LogP contribution is -1.97. The van der Waals surface area contributed by atoms with E-state index < -0.39 is 11.7 Å². The molecule has 0 bridgehead atoms. The smallest absolute Gasteiger partial charge is 0.339 e. The molecule has 0 saturated carbocycles. The minimum Gasteiger partial charge on any atom is -0.507 e. The topological polar surface area (TPSA) is 77.8 Å². The Morgan fingerprint density at radius 2 is 2.00 bits per heavy atom. The Hall–Kier alpha value is -1.80. The Kier molecular flexibility index (Phi) is 4.09. The normalized spacial score (nSPS) is 9.31. The quantitative estimate of drug-likeness (QED) is 0.465. The van der Waals surface area contributed by atoms with Crippen LogP contribution in [0.3, 0.4) is 0 Å². The summed E-state index contributed by atoms with van der Waals surface area (Å²) >= 11 is 3.96. The number of phenols is 2. The standard InChI is InChI=1S/C11H10O4S/c12-9-6-10(13)8(11(14)15)5-7(9)3-1-2-4-16/h5-6,12-13,16H,2,4H2,(H,14,15). The third-order valence-electron chi connectivity index (χ3n) is 1.80. The van der Waals surface area contributed by atoms with E-state index in [1.165, 1.54) is 0 Å². The van der Waals surface area contributed by atoms with Crippen LogP contribution in [0.4, 0.5) is 0 Å². The third kappa shape index (κ3) is 2.84. The van der Waals surface area contributed by atoms with Gasteiger partial charge in [0.05, 0.1) is 5.56 Å². The lowest BCUT2D eigenvalue weighted by molar-refractivity contribution is 0.0693. The number of carbonyl (C=O) groups is 1. The first-order valence-corrected chi connectivity index (χ1v) is 5.08. The van der Waals surface area contributed by atoms with Crippen LogP contribution < -0.4 is 0 Å². The Labute approximate surface area is 98.0 Å². The summed E-state index contributed by atoms with van der Waals surface area (Å²) < 4.78 is 0. The monoisotopic (exact) mass is 238 g/mol. The lowest BCUT2D eigenvalue weighted by atomic mass is 10.1. The van der Waals surface area contributed by atoms with E-state index in [1.807, 2.05) is 0 Å². The highest BCUT2D eigenvalue weighted by molar-refractivity contribution is 7.80. The molecule has 0 heterocycles. The molecular formula is C11H10O4S. The van der Waals surface area contributed by atoms with Crippen LogP contribution in [0.2, 0.25) is 0 Å². The summed E-state index contributed by atoms with van der Waals surface area (Å²) in [5.74, 6) is 3.92. The number of rotatable bonds is 2. The minimum absolute atomic E-state index is 0.178. The van der Waals surface area contributed by atoms with Gasteiger partial charge in [0, 0.05) is 18.2 Å². The van der Waals surface area contributed by atoms with Crippen molar-refractivity contribution in [3.05, 3.63) is 23.3 Å². The zero-order chi connectivity index (χ0) is 12.1. The molecule has 0 radical (unpaired) electrons. The van der Waals surface area contributed by atoms with Gasteiger partial charge >= 0.3 is 5.97 Å². The van der Waals surface area contributed by atoms with Crippen LogP contribution in [0, 0.1) is 11.8 Å². The van der Waals surface area contributed by atoms with Gasteiger partial charge in [-0.2, -0.15) is 12.6 Å². The van der Waals surface area contributed by atoms with Crippen LogP contribution in [-0.4, -0.2) is 27.0 Å². The van der Waals surface area contributed by atoms with E-state index in [4.69, 9.17) is 5.11 Å². The maximum atomic E-state index is 10.7. The van der Waals surface area contributed by atoms with Gasteiger partial charge in [-0.3, -0.25) is 0 Å². The van der Waals surface area contributed by atoms with Crippen molar-refractivity contribution in [2.45, 2.75) is 6.42 Å². The molecular weight excluding hydrogens is 228 g/mol. The predicted octanol–water partition coefficient (Wildman–Crippen LogP) is 1.47. The summed E-state index contributed by atoms with van der Waals surface area (Å²) in [4.78, 5) is 10.7. The van der Waals surface area contributed by atoms with E-state index in [2.05, 4.69) is 24.5 Å². The highest BCUT2D eigenvalue weighted by Crippen LogP contribution is 2.26. The van der Waals surface area contributed by atoms with Crippen molar-refractivity contribution in [2.75, 3.05) is 5.75 Å². The largest absolute Gasteiger partial charge is 0.507 e. The van der Waals surface area contributed by atoms with E-state index in [9.17, 15) is 15.0 Å². The zero-order valence-corrected chi connectivity index (χ0v) is 9.16. The molecule has 5 heteroatoms. The van der Waals surface area contributed by atoms with Gasteiger partial charge in [0.2, 0.25) is 0 Å². The molecule has 1 rings (SSSR count). The van der Waals surface area contributed by atoms with Crippen LogP contribution in [0.1, 0.15) is 22.3 Å². The first kappa shape index (κ1) is 12.3. The molecule has 0 fully saturated rings. The maximum absolute atomic E-state index is 10.7. The van der Waals surface area contributed by atoms with E-state index in [-0.39, 0.29) is 16.9 Å². The SMILES string of the molecule is O=C(O)c1cc(C#CCCS)c(O)cc1O. The molecule has 0 aliphatic heterocycles. The van der Waals surface area contributed by atoms with Crippen LogP contribution in [0.5, 0.6) is 11.5 Å². The van der Waals surface area contributed by atoms with Gasteiger partial charge < -0.3 is 15.3 Å². The van der Waals surface area contributed by atoms with Crippen LogP contribution in [0.25, 0.3) is 0 Å². The summed E-state index contributed by atoms with van der Waals surface area (Å²) in [7, 11) is 0. The number of carboxylic acid groups (broad SMARTS) is 1. The second-order valence-electron chi connectivity index (χ2n) is 2.97. The van der Waals surface area contributed by atoms with Gasteiger partial charge in [-0.15, -0.1) is 0 Å². The molecule has 0 aliphatic rings. The second kappa shape index (κ2) is 5.33. The highest BCUT2D eigenvalue weighted by atomic mass is 32.1. The third-order valence-corrected chi connectivity index (χ3v) is 2.03. The van der Waals surface area contributed by atoms with Crippen LogP contribution in [0.15, 0.2) is 12.1 Å². The number of aromatic hydroxyl groups is 2. The zero-order valence-electron chi connectivity index (χ0n) is 8.27. The number of aromatic carboxylic acids is 1. The summed E-state index contributed by atoms with van der Waals surface area (Å²) in [5.41, 5.74) is -0.107. The van der Waals surface area contributed by atoms with Crippen LogP contribution >= 0.6 is 12.6 Å².